The van der Waals surface area contributed by atoms with E-state index in [1.807, 2.05) is 46.7 Å². The lowest BCUT2D eigenvalue weighted by Crippen LogP contribution is -2.34. The molecule has 0 N–H and O–H groups in total. The van der Waals surface area contributed by atoms with E-state index in [0.717, 1.165) is 48.2 Å². The number of aryl methyl sites for hydroxylation is 1. The van der Waals surface area contributed by atoms with Gasteiger partial charge in [-0.3, -0.25) is 9.36 Å². The fourth-order valence-corrected chi connectivity index (χ4v) is 4.40. The maximum atomic E-state index is 12.8. The first-order valence-corrected chi connectivity index (χ1v) is 10.5. The topological polar surface area (TPSA) is 51.0 Å². The number of rotatable bonds is 5. The molecular weight excluding hydrogens is 368 g/mol. The van der Waals surface area contributed by atoms with Crippen molar-refractivity contribution in [2.75, 3.05) is 13.1 Å². The molecule has 6 heteroatoms. The largest absolute Gasteiger partial charge is 0.342 e. The Bertz CT molecular complexity index is 946. The maximum absolute atomic E-state index is 12.8. The zero-order chi connectivity index (χ0) is 19.5. The summed E-state index contributed by atoms with van der Waals surface area (Å²) in [6.45, 7) is 5.76. The predicted molar refractivity (Wildman–Crippen MR) is 113 cm³/mol. The predicted octanol–water partition coefficient (Wildman–Crippen LogP) is 4.35. The minimum Gasteiger partial charge on any atom is -0.342 e. The van der Waals surface area contributed by atoms with Gasteiger partial charge in [0.25, 0.3) is 0 Å². The fraction of sp³-hybridized carbons (Fsp3) is 0.318. The van der Waals surface area contributed by atoms with Gasteiger partial charge in [0.1, 0.15) is 0 Å². The number of likely N-dealkylation sites (tertiary alicyclic amines) is 1. The molecule has 4 rings (SSSR count). The third-order valence-corrected chi connectivity index (χ3v) is 6.04. The molecule has 0 radical (unpaired) electrons. The van der Waals surface area contributed by atoms with Gasteiger partial charge in [-0.15, -0.1) is 10.2 Å². The molecule has 1 atom stereocenters. The van der Waals surface area contributed by atoms with Gasteiger partial charge in [0, 0.05) is 24.3 Å². The van der Waals surface area contributed by atoms with Gasteiger partial charge < -0.3 is 4.90 Å². The zero-order valence-electron chi connectivity index (χ0n) is 16.2. The molecule has 1 unspecified atom stereocenters. The summed E-state index contributed by atoms with van der Waals surface area (Å²) < 4.78 is 2.05. The van der Waals surface area contributed by atoms with Crippen LogP contribution in [0.3, 0.4) is 0 Å². The summed E-state index contributed by atoms with van der Waals surface area (Å²) in [6.07, 6.45) is 2.20. The molecule has 1 fully saturated rings. The summed E-state index contributed by atoms with van der Waals surface area (Å²) in [4.78, 5) is 14.7. The molecule has 144 valence electrons. The van der Waals surface area contributed by atoms with E-state index in [1.54, 1.807) is 0 Å². The van der Waals surface area contributed by atoms with Gasteiger partial charge in [-0.1, -0.05) is 59.8 Å². The first-order chi connectivity index (χ1) is 13.6. The minimum absolute atomic E-state index is 0.183. The highest BCUT2D eigenvalue weighted by molar-refractivity contribution is 8.00. The van der Waals surface area contributed by atoms with Gasteiger partial charge >= 0.3 is 0 Å². The molecule has 1 aromatic heterocycles. The molecule has 0 bridgehead atoms. The van der Waals surface area contributed by atoms with Crippen molar-refractivity contribution in [2.45, 2.75) is 37.1 Å². The van der Waals surface area contributed by atoms with Crippen molar-refractivity contribution in [2.24, 2.45) is 0 Å². The van der Waals surface area contributed by atoms with E-state index >= 15 is 0 Å². The van der Waals surface area contributed by atoms with Crippen LogP contribution in [-0.4, -0.2) is 43.9 Å². The highest BCUT2D eigenvalue weighted by Crippen LogP contribution is 2.31. The molecule has 3 aromatic rings. The summed E-state index contributed by atoms with van der Waals surface area (Å²) in [5.41, 5.74) is 3.20. The van der Waals surface area contributed by atoms with Crippen LogP contribution in [0.4, 0.5) is 0 Å². The molecule has 1 saturated heterocycles. The summed E-state index contributed by atoms with van der Waals surface area (Å²) >= 11 is 1.48. The lowest BCUT2D eigenvalue weighted by molar-refractivity contribution is -0.129. The van der Waals surface area contributed by atoms with Crippen LogP contribution < -0.4 is 0 Å². The van der Waals surface area contributed by atoms with Crippen molar-refractivity contribution in [1.29, 1.82) is 0 Å². The van der Waals surface area contributed by atoms with Gasteiger partial charge in [0.2, 0.25) is 5.91 Å². The highest BCUT2D eigenvalue weighted by Gasteiger charge is 2.26. The van der Waals surface area contributed by atoms with Gasteiger partial charge in [-0.05, 0) is 38.8 Å². The average molecular weight is 393 g/mol. The first-order valence-electron chi connectivity index (χ1n) is 9.67. The molecule has 2 aromatic carbocycles. The molecule has 0 spiro atoms. The Balaban J connectivity index is 1.69. The number of amides is 1. The van der Waals surface area contributed by atoms with Crippen molar-refractivity contribution in [3.8, 4) is 17.1 Å². The standard InChI is InChI=1S/C22H24N4OS/c1-16-10-12-19(13-11-16)26-20(18-8-4-3-5-9-18)23-24-22(26)28-17(2)21(27)25-14-6-7-15-25/h3-5,8-13,17H,6-7,14-15H2,1-2H3. The number of carbonyl (C=O) groups excluding carboxylic acids is 1. The molecule has 1 amide bonds. The van der Waals surface area contributed by atoms with Gasteiger partial charge in [-0.25, -0.2) is 0 Å². The number of hydrogen-bond donors (Lipinski definition) is 0. The normalized spacial score (nSPS) is 15.0. The van der Waals surface area contributed by atoms with Gasteiger partial charge in [0.05, 0.1) is 5.25 Å². The van der Waals surface area contributed by atoms with Crippen LogP contribution >= 0.6 is 11.8 Å². The van der Waals surface area contributed by atoms with Crippen molar-refractivity contribution in [1.82, 2.24) is 19.7 Å². The molecule has 5 nitrogen and oxygen atoms in total. The van der Waals surface area contributed by atoms with E-state index in [4.69, 9.17) is 0 Å². The minimum atomic E-state index is -0.199. The number of thioether (sulfide) groups is 1. The SMILES string of the molecule is Cc1ccc(-n2c(SC(C)C(=O)N3CCCC3)nnc2-c2ccccc2)cc1. The summed E-state index contributed by atoms with van der Waals surface area (Å²) in [5.74, 6) is 0.968. The van der Waals surface area contributed by atoms with Crippen LogP contribution in [0.25, 0.3) is 17.1 Å². The Labute approximate surface area is 169 Å². The Kier molecular flexibility index (Phi) is 5.48. The maximum Gasteiger partial charge on any atom is 0.235 e. The Morgan fingerprint density at radius 1 is 1.00 bits per heavy atom. The van der Waals surface area contributed by atoms with E-state index < -0.39 is 0 Å². The molecule has 0 aliphatic carbocycles. The van der Waals surface area contributed by atoms with Crippen molar-refractivity contribution >= 4 is 17.7 Å². The van der Waals surface area contributed by atoms with Crippen molar-refractivity contribution in [3.05, 3.63) is 60.2 Å². The average Bonchev–Trinajstić information content (AvgIpc) is 3.39. The molecule has 1 aliphatic rings. The van der Waals surface area contributed by atoms with Crippen LogP contribution in [0.15, 0.2) is 59.8 Å². The number of aromatic nitrogens is 3. The van der Waals surface area contributed by atoms with Crippen LogP contribution in [0.2, 0.25) is 0 Å². The Morgan fingerprint density at radius 3 is 2.36 bits per heavy atom. The quantitative estimate of drug-likeness (QED) is 0.606. The van der Waals surface area contributed by atoms with E-state index in [0.29, 0.717) is 0 Å². The molecule has 2 heterocycles. The molecular formula is C22H24N4OS. The van der Waals surface area contributed by atoms with E-state index in [-0.39, 0.29) is 11.2 Å². The molecule has 0 saturated carbocycles. The molecule has 28 heavy (non-hydrogen) atoms. The van der Waals surface area contributed by atoms with Crippen molar-refractivity contribution in [3.63, 3.8) is 0 Å². The number of benzene rings is 2. The second-order valence-electron chi connectivity index (χ2n) is 7.14. The molecule has 1 aliphatic heterocycles. The van der Waals surface area contributed by atoms with E-state index in [2.05, 4.69) is 41.4 Å². The highest BCUT2D eigenvalue weighted by atomic mass is 32.2. The third-order valence-electron chi connectivity index (χ3n) is 5.01. The summed E-state index contributed by atoms with van der Waals surface area (Å²) in [5, 5.41) is 9.45. The Hall–Kier alpha value is -2.60. The second kappa shape index (κ2) is 8.19. The van der Waals surface area contributed by atoms with Crippen LogP contribution in [0.5, 0.6) is 0 Å². The van der Waals surface area contributed by atoms with Gasteiger partial charge in [-0.2, -0.15) is 0 Å². The van der Waals surface area contributed by atoms with Crippen LogP contribution in [0.1, 0.15) is 25.3 Å². The lowest BCUT2D eigenvalue weighted by atomic mass is 10.2. The van der Waals surface area contributed by atoms with E-state index in [9.17, 15) is 4.79 Å². The smallest absolute Gasteiger partial charge is 0.235 e. The van der Waals surface area contributed by atoms with Gasteiger partial charge in [0.15, 0.2) is 11.0 Å². The van der Waals surface area contributed by atoms with Crippen LogP contribution in [0, 0.1) is 6.92 Å². The number of hydrogen-bond acceptors (Lipinski definition) is 4. The Morgan fingerprint density at radius 2 is 1.68 bits per heavy atom. The fourth-order valence-electron chi connectivity index (χ4n) is 3.45. The lowest BCUT2D eigenvalue weighted by Gasteiger charge is -2.20. The van der Waals surface area contributed by atoms with Crippen LogP contribution in [-0.2, 0) is 4.79 Å². The zero-order valence-corrected chi connectivity index (χ0v) is 17.0. The number of nitrogens with zero attached hydrogens (tertiary/aromatic N) is 4. The van der Waals surface area contributed by atoms with E-state index in [1.165, 1.54) is 17.3 Å². The first kappa shape index (κ1) is 18.7. The number of carbonyl (C=O) groups is 1. The van der Waals surface area contributed by atoms with Crippen molar-refractivity contribution < 1.29 is 4.79 Å². The third kappa shape index (κ3) is 3.83. The summed E-state index contributed by atoms with van der Waals surface area (Å²) in [7, 11) is 0. The summed E-state index contributed by atoms with van der Waals surface area (Å²) in [6, 6.07) is 18.3. The monoisotopic (exact) mass is 392 g/mol. The second-order valence-corrected chi connectivity index (χ2v) is 8.44.